The molecule has 2 aromatic heterocycles. The molecular formula is C17H18N6O. The first-order chi connectivity index (χ1) is 11.7. The Hall–Kier alpha value is -2.96. The van der Waals surface area contributed by atoms with Crippen LogP contribution in [0, 0.1) is 6.92 Å². The van der Waals surface area contributed by atoms with E-state index in [1.807, 2.05) is 30.3 Å². The minimum Gasteiger partial charge on any atom is -0.356 e. The van der Waals surface area contributed by atoms with Gasteiger partial charge in [-0.1, -0.05) is 18.2 Å². The van der Waals surface area contributed by atoms with Gasteiger partial charge in [0.1, 0.15) is 11.6 Å². The van der Waals surface area contributed by atoms with Crippen LogP contribution in [0.15, 0.2) is 30.3 Å². The summed E-state index contributed by atoms with van der Waals surface area (Å²) in [6, 6.07) is 9.73. The molecule has 0 atom stereocenters. The maximum atomic E-state index is 12.8. The average Bonchev–Trinajstić information content (AvgIpc) is 3.25. The molecule has 1 aromatic carbocycles. The Bertz CT molecular complexity index is 897. The second kappa shape index (κ2) is 5.92. The van der Waals surface area contributed by atoms with E-state index in [0.29, 0.717) is 11.4 Å². The highest BCUT2D eigenvalue weighted by molar-refractivity contribution is 6.09. The molecule has 1 amide bonds. The van der Waals surface area contributed by atoms with Crippen molar-refractivity contribution < 1.29 is 4.79 Å². The lowest BCUT2D eigenvalue weighted by Crippen LogP contribution is -2.24. The number of hydrogen-bond acceptors (Lipinski definition) is 5. The van der Waals surface area contributed by atoms with Crippen LogP contribution in [0.1, 0.15) is 29.0 Å². The van der Waals surface area contributed by atoms with Crippen molar-refractivity contribution in [3.63, 3.8) is 0 Å². The summed E-state index contributed by atoms with van der Waals surface area (Å²) in [5.41, 5.74) is 1.45. The molecule has 0 unspecified atom stereocenters. The van der Waals surface area contributed by atoms with Crippen LogP contribution in [0.4, 0.5) is 11.8 Å². The first-order valence-electron chi connectivity index (χ1n) is 8.06. The van der Waals surface area contributed by atoms with E-state index in [0.717, 1.165) is 42.7 Å². The van der Waals surface area contributed by atoms with Crippen LogP contribution in [0.25, 0.3) is 10.9 Å². The number of pyridine rings is 1. The van der Waals surface area contributed by atoms with Crippen molar-refractivity contribution in [3.8, 4) is 0 Å². The number of nitrogens with one attached hydrogen (secondary N) is 2. The first kappa shape index (κ1) is 14.6. The van der Waals surface area contributed by atoms with Crippen molar-refractivity contribution in [1.82, 2.24) is 20.2 Å². The Morgan fingerprint density at radius 1 is 1.21 bits per heavy atom. The molecule has 3 heterocycles. The van der Waals surface area contributed by atoms with E-state index in [4.69, 9.17) is 4.98 Å². The van der Waals surface area contributed by atoms with Gasteiger partial charge in [-0.2, -0.15) is 4.98 Å². The number of para-hydroxylation sites is 1. The highest BCUT2D eigenvalue weighted by Crippen LogP contribution is 2.27. The molecule has 7 nitrogen and oxygen atoms in total. The van der Waals surface area contributed by atoms with Gasteiger partial charge >= 0.3 is 0 Å². The van der Waals surface area contributed by atoms with E-state index in [1.165, 1.54) is 0 Å². The maximum absolute atomic E-state index is 12.8. The fraction of sp³-hybridized carbons (Fsp3) is 0.294. The smallest absolute Gasteiger partial charge is 0.261 e. The number of anilines is 2. The number of carbonyl (C=O) groups excluding carboxylic acids is 1. The molecule has 1 saturated heterocycles. The molecule has 7 heteroatoms. The first-order valence-corrected chi connectivity index (χ1v) is 8.06. The van der Waals surface area contributed by atoms with Gasteiger partial charge in [-0.25, -0.2) is 4.98 Å². The summed E-state index contributed by atoms with van der Waals surface area (Å²) in [5.74, 6) is 1.42. The molecule has 24 heavy (non-hydrogen) atoms. The lowest BCUT2D eigenvalue weighted by Gasteiger charge is -2.20. The third kappa shape index (κ3) is 2.68. The molecule has 1 fully saturated rings. The van der Waals surface area contributed by atoms with E-state index in [-0.39, 0.29) is 11.9 Å². The zero-order valence-corrected chi connectivity index (χ0v) is 13.4. The quantitative estimate of drug-likeness (QED) is 0.774. The number of nitrogens with zero attached hydrogens (tertiary/aromatic N) is 4. The van der Waals surface area contributed by atoms with E-state index in [9.17, 15) is 4.79 Å². The monoisotopic (exact) mass is 322 g/mol. The molecule has 0 aliphatic carbocycles. The largest absolute Gasteiger partial charge is 0.356 e. The van der Waals surface area contributed by atoms with Gasteiger partial charge in [0.05, 0.1) is 11.1 Å². The normalized spacial score (nSPS) is 14.3. The SMILES string of the molecule is Cc1nc(NC(=O)c2cc3ccccc3nc2N2CCCC2)n[nH]1. The highest BCUT2D eigenvalue weighted by Gasteiger charge is 2.22. The molecular weight excluding hydrogens is 304 g/mol. The molecule has 3 aromatic rings. The van der Waals surface area contributed by atoms with Crippen LogP contribution in [-0.4, -0.2) is 39.2 Å². The van der Waals surface area contributed by atoms with Crippen LogP contribution < -0.4 is 10.2 Å². The van der Waals surface area contributed by atoms with Crippen LogP contribution in [0.5, 0.6) is 0 Å². The van der Waals surface area contributed by atoms with Crippen LogP contribution >= 0.6 is 0 Å². The second-order valence-corrected chi connectivity index (χ2v) is 5.94. The number of aryl methyl sites for hydroxylation is 1. The summed E-state index contributed by atoms with van der Waals surface area (Å²) in [6.07, 6.45) is 2.24. The minimum atomic E-state index is -0.242. The van der Waals surface area contributed by atoms with Crippen molar-refractivity contribution in [3.05, 3.63) is 41.7 Å². The number of fused-ring (bicyclic) bond motifs is 1. The predicted octanol–water partition coefficient (Wildman–Crippen LogP) is 2.51. The minimum absolute atomic E-state index is 0.242. The number of benzene rings is 1. The zero-order chi connectivity index (χ0) is 16.5. The summed E-state index contributed by atoms with van der Waals surface area (Å²) >= 11 is 0. The Labute approximate surface area is 139 Å². The number of carbonyl (C=O) groups is 1. The molecule has 1 aliphatic rings. The molecule has 122 valence electrons. The molecule has 4 rings (SSSR count). The van der Waals surface area contributed by atoms with Gasteiger partial charge in [-0.15, -0.1) is 5.10 Å². The summed E-state index contributed by atoms with van der Waals surface area (Å²) in [6.45, 7) is 3.63. The number of H-pyrrole nitrogens is 1. The lowest BCUT2D eigenvalue weighted by molar-refractivity contribution is 0.102. The Morgan fingerprint density at radius 3 is 2.75 bits per heavy atom. The summed E-state index contributed by atoms with van der Waals surface area (Å²) < 4.78 is 0. The summed E-state index contributed by atoms with van der Waals surface area (Å²) in [7, 11) is 0. The topological polar surface area (TPSA) is 86.8 Å². The van der Waals surface area contributed by atoms with Gasteiger partial charge in [-0.3, -0.25) is 15.2 Å². The molecule has 0 saturated carbocycles. The van der Waals surface area contributed by atoms with Crippen molar-refractivity contribution in [2.75, 3.05) is 23.3 Å². The number of rotatable bonds is 3. The van der Waals surface area contributed by atoms with Crippen LogP contribution in [0.3, 0.4) is 0 Å². The van der Waals surface area contributed by atoms with E-state index < -0.39 is 0 Å². The van der Waals surface area contributed by atoms with Crippen LogP contribution in [-0.2, 0) is 0 Å². The van der Waals surface area contributed by atoms with Crippen molar-refractivity contribution in [2.24, 2.45) is 0 Å². The van der Waals surface area contributed by atoms with E-state index in [1.54, 1.807) is 6.92 Å². The van der Waals surface area contributed by atoms with Crippen LogP contribution in [0.2, 0.25) is 0 Å². The third-order valence-electron chi connectivity index (χ3n) is 4.18. The molecule has 0 spiro atoms. The highest BCUT2D eigenvalue weighted by atomic mass is 16.1. The van der Waals surface area contributed by atoms with Gasteiger partial charge in [0, 0.05) is 18.5 Å². The third-order valence-corrected chi connectivity index (χ3v) is 4.18. The van der Waals surface area contributed by atoms with E-state index in [2.05, 4.69) is 25.4 Å². The lowest BCUT2D eigenvalue weighted by atomic mass is 10.1. The zero-order valence-electron chi connectivity index (χ0n) is 13.4. The van der Waals surface area contributed by atoms with E-state index >= 15 is 0 Å². The number of hydrogen-bond donors (Lipinski definition) is 2. The van der Waals surface area contributed by atoms with Gasteiger partial charge in [0.2, 0.25) is 5.95 Å². The van der Waals surface area contributed by atoms with Gasteiger partial charge in [-0.05, 0) is 31.9 Å². The fourth-order valence-corrected chi connectivity index (χ4v) is 3.01. The summed E-state index contributed by atoms with van der Waals surface area (Å²) in [5, 5.41) is 10.4. The Kier molecular flexibility index (Phi) is 3.60. The van der Waals surface area contributed by atoms with Crippen molar-refractivity contribution in [2.45, 2.75) is 19.8 Å². The second-order valence-electron chi connectivity index (χ2n) is 5.94. The fourth-order valence-electron chi connectivity index (χ4n) is 3.01. The number of amides is 1. The van der Waals surface area contributed by atoms with Gasteiger partial charge in [0.15, 0.2) is 0 Å². The maximum Gasteiger partial charge on any atom is 0.261 e. The van der Waals surface area contributed by atoms with Crippen molar-refractivity contribution >= 4 is 28.6 Å². The van der Waals surface area contributed by atoms with Gasteiger partial charge < -0.3 is 4.90 Å². The standard InChI is InChI=1S/C17H18N6O/c1-11-18-17(22-21-11)20-16(24)13-10-12-6-2-3-7-14(12)19-15(13)23-8-4-5-9-23/h2-3,6-7,10H,4-5,8-9H2,1H3,(H2,18,20,21,22,24). The Morgan fingerprint density at radius 2 is 2.00 bits per heavy atom. The number of aromatic nitrogens is 4. The average molecular weight is 322 g/mol. The molecule has 1 aliphatic heterocycles. The predicted molar refractivity (Wildman–Crippen MR) is 92.3 cm³/mol. The Balaban J connectivity index is 1.76. The molecule has 2 N–H and O–H groups in total. The van der Waals surface area contributed by atoms with Gasteiger partial charge in [0.25, 0.3) is 5.91 Å². The van der Waals surface area contributed by atoms with Crippen molar-refractivity contribution in [1.29, 1.82) is 0 Å². The summed E-state index contributed by atoms with van der Waals surface area (Å²) in [4.78, 5) is 23.8. The molecule has 0 radical (unpaired) electrons. The molecule has 0 bridgehead atoms. The number of aromatic amines is 1.